The number of benzene rings is 2. The standard InChI is InChI=1S/C20H21N3O6S2/c1-2-30(25,26)17-12-10-15(11-13-17)19-22-23-20(29-19)21-18(24)9-6-14-31(27,28)16-7-4-3-5-8-16/h3-5,7-8,10-13H,2,6,9,14H2,1H3,(H,21,23,24). The summed E-state index contributed by atoms with van der Waals surface area (Å²) in [5.74, 6) is -0.507. The van der Waals surface area contributed by atoms with E-state index in [0.29, 0.717) is 5.56 Å². The van der Waals surface area contributed by atoms with Gasteiger partial charge in [-0.25, -0.2) is 16.8 Å². The Bertz CT molecular complexity index is 1250. The average Bonchev–Trinajstić information content (AvgIpc) is 3.22. The summed E-state index contributed by atoms with van der Waals surface area (Å²) in [6, 6.07) is 13.9. The zero-order valence-corrected chi connectivity index (χ0v) is 18.3. The molecule has 3 rings (SSSR count). The maximum atomic E-state index is 12.2. The van der Waals surface area contributed by atoms with Crippen LogP contribution in [0.5, 0.6) is 0 Å². The molecule has 3 aromatic rings. The van der Waals surface area contributed by atoms with Gasteiger partial charge in [0.1, 0.15) is 0 Å². The monoisotopic (exact) mass is 463 g/mol. The number of amides is 1. The van der Waals surface area contributed by atoms with E-state index < -0.39 is 25.6 Å². The van der Waals surface area contributed by atoms with Crippen LogP contribution in [0.25, 0.3) is 11.5 Å². The highest BCUT2D eigenvalue weighted by molar-refractivity contribution is 7.91. The minimum Gasteiger partial charge on any atom is -0.403 e. The van der Waals surface area contributed by atoms with E-state index in [2.05, 4.69) is 15.5 Å². The normalized spacial score (nSPS) is 11.9. The lowest BCUT2D eigenvalue weighted by molar-refractivity contribution is -0.116. The van der Waals surface area contributed by atoms with Crippen molar-refractivity contribution in [1.29, 1.82) is 0 Å². The van der Waals surface area contributed by atoms with Crippen molar-refractivity contribution >= 4 is 31.6 Å². The van der Waals surface area contributed by atoms with Crippen LogP contribution in [-0.4, -0.2) is 44.4 Å². The molecule has 0 aliphatic carbocycles. The summed E-state index contributed by atoms with van der Waals surface area (Å²) in [7, 11) is -6.76. The first-order valence-corrected chi connectivity index (χ1v) is 12.8. The van der Waals surface area contributed by atoms with Crippen LogP contribution in [0, 0.1) is 0 Å². The second-order valence-corrected chi connectivity index (χ2v) is 11.0. The van der Waals surface area contributed by atoms with Gasteiger partial charge in [-0.05, 0) is 42.8 Å². The first-order chi connectivity index (χ1) is 14.7. The van der Waals surface area contributed by atoms with Crippen molar-refractivity contribution in [3.8, 4) is 11.5 Å². The summed E-state index contributed by atoms with van der Waals surface area (Å²) in [4.78, 5) is 12.5. The van der Waals surface area contributed by atoms with Crippen LogP contribution in [0.2, 0.25) is 0 Å². The Balaban J connectivity index is 1.55. The van der Waals surface area contributed by atoms with Crippen molar-refractivity contribution in [2.24, 2.45) is 0 Å². The van der Waals surface area contributed by atoms with E-state index in [-0.39, 0.29) is 46.0 Å². The number of nitrogens with zero attached hydrogens (tertiary/aromatic N) is 2. The van der Waals surface area contributed by atoms with Gasteiger partial charge < -0.3 is 4.42 Å². The minimum atomic E-state index is -3.45. The van der Waals surface area contributed by atoms with E-state index in [0.717, 1.165) is 0 Å². The Morgan fingerprint density at radius 1 is 0.903 bits per heavy atom. The van der Waals surface area contributed by atoms with Crippen LogP contribution in [0.1, 0.15) is 19.8 Å². The molecule has 11 heteroatoms. The molecule has 1 N–H and O–H groups in total. The zero-order chi connectivity index (χ0) is 22.5. The fourth-order valence-electron chi connectivity index (χ4n) is 2.71. The van der Waals surface area contributed by atoms with Crippen LogP contribution >= 0.6 is 0 Å². The number of hydrogen-bond acceptors (Lipinski definition) is 8. The molecule has 0 unspecified atom stereocenters. The summed E-state index contributed by atoms with van der Waals surface area (Å²) in [6.45, 7) is 1.56. The summed E-state index contributed by atoms with van der Waals surface area (Å²) >= 11 is 0. The molecule has 0 aliphatic heterocycles. The lowest BCUT2D eigenvalue weighted by atomic mass is 10.2. The molecular formula is C20H21N3O6S2. The summed E-state index contributed by atoms with van der Waals surface area (Å²) in [5, 5.41) is 10.0. The summed E-state index contributed by atoms with van der Waals surface area (Å²) < 4.78 is 53.6. The predicted molar refractivity (Wildman–Crippen MR) is 114 cm³/mol. The predicted octanol–water partition coefficient (Wildman–Crippen LogP) is 2.72. The molecule has 2 aromatic carbocycles. The molecule has 1 aromatic heterocycles. The third-order valence-electron chi connectivity index (χ3n) is 4.43. The molecule has 0 atom stereocenters. The van der Waals surface area contributed by atoms with Crippen LogP contribution in [0.15, 0.2) is 68.8 Å². The number of anilines is 1. The first-order valence-electron chi connectivity index (χ1n) is 9.45. The molecule has 0 saturated carbocycles. The Kier molecular flexibility index (Phi) is 6.86. The highest BCUT2D eigenvalue weighted by Gasteiger charge is 2.17. The molecule has 0 aliphatic rings. The Morgan fingerprint density at radius 3 is 2.19 bits per heavy atom. The topological polar surface area (TPSA) is 136 Å². The van der Waals surface area contributed by atoms with Crippen molar-refractivity contribution in [2.75, 3.05) is 16.8 Å². The van der Waals surface area contributed by atoms with Crippen molar-refractivity contribution in [2.45, 2.75) is 29.6 Å². The Morgan fingerprint density at radius 2 is 1.55 bits per heavy atom. The quantitative estimate of drug-likeness (QED) is 0.511. The van der Waals surface area contributed by atoms with E-state index in [9.17, 15) is 21.6 Å². The second kappa shape index (κ2) is 9.40. The van der Waals surface area contributed by atoms with E-state index in [1.807, 2.05) is 0 Å². The SMILES string of the molecule is CCS(=O)(=O)c1ccc(-c2nnc(NC(=O)CCCS(=O)(=O)c3ccccc3)o2)cc1. The second-order valence-electron chi connectivity index (χ2n) is 6.62. The van der Waals surface area contributed by atoms with Crippen LogP contribution in [-0.2, 0) is 24.5 Å². The first kappa shape index (κ1) is 22.6. The lowest BCUT2D eigenvalue weighted by Crippen LogP contribution is -2.14. The van der Waals surface area contributed by atoms with Gasteiger partial charge in [0.2, 0.25) is 11.8 Å². The molecule has 1 heterocycles. The van der Waals surface area contributed by atoms with Gasteiger partial charge in [-0.1, -0.05) is 30.2 Å². The van der Waals surface area contributed by atoms with E-state index in [4.69, 9.17) is 4.42 Å². The largest absolute Gasteiger partial charge is 0.403 e. The van der Waals surface area contributed by atoms with Gasteiger partial charge in [-0.3, -0.25) is 10.1 Å². The van der Waals surface area contributed by atoms with E-state index >= 15 is 0 Å². The lowest BCUT2D eigenvalue weighted by Gasteiger charge is -2.04. The van der Waals surface area contributed by atoms with Crippen molar-refractivity contribution in [3.63, 3.8) is 0 Å². The molecule has 0 saturated heterocycles. The van der Waals surface area contributed by atoms with Gasteiger partial charge in [-0.2, -0.15) is 0 Å². The average molecular weight is 464 g/mol. The third kappa shape index (κ3) is 5.76. The van der Waals surface area contributed by atoms with Crippen LogP contribution in [0.3, 0.4) is 0 Å². The van der Waals surface area contributed by atoms with Gasteiger partial charge in [0.05, 0.1) is 21.3 Å². The molecular weight excluding hydrogens is 442 g/mol. The van der Waals surface area contributed by atoms with Gasteiger partial charge in [0.15, 0.2) is 19.7 Å². The number of carbonyl (C=O) groups excluding carboxylic acids is 1. The molecule has 0 radical (unpaired) electrons. The Labute approximate surface area is 180 Å². The van der Waals surface area contributed by atoms with Crippen molar-refractivity contribution in [3.05, 3.63) is 54.6 Å². The number of carbonyl (C=O) groups is 1. The number of sulfone groups is 2. The highest BCUT2D eigenvalue weighted by atomic mass is 32.2. The molecule has 164 valence electrons. The maximum Gasteiger partial charge on any atom is 0.322 e. The molecule has 9 nitrogen and oxygen atoms in total. The number of nitrogens with one attached hydrogen (secondary N) is 1. The molecule has 0 spiro atoms. The highest BCUT2D eigenvalue weighted by Crippen LogP contribution is 2.22. The summed E-state index contributed by atoms with van der Waals surface area (Å²) in [5.41, 5.74) is 0.497. The molecule has 1 amide bonds. The third-order valence-corrected chi connectivity index (χ3v) is 8.00. The molecule has 0 fully saturated rings. The fourth-order valence-corrected chi connectivity index (χ4v) is 4.93. The molecule has 31 heavy (non-hydrogen) atoms. The van der Waals surface area contributed by atoms with Gasteiger partial charge >= 0.3 is 6.01 Å². The number of aromatic nitrogens is 2. The maximum absolute atomic E-state index is 12.2. The number of rotatable bonds is 9. The van der Waals surface area contributed by atoms with E-state index in [1.165, 1.54) is 36.4 Å². The number of hydrogen-bond donors (Lipinski definition) is 1. The van der Waals surface area contributed by atoms with Gasteiger partial charge in [-0.15, -0.1) is 5.10 Å². The van der Waals surface area contributed by atoms with E-state index in [1.54, 1.807) is 25.1 Å². The fraction of sp³-hybridized carbons (Fsp3) is 0.250. The van der Waals surface area contributed by atoms with Crippen molar-refractivity contribution < 1.29 is 26.0 Å². The van der Waals surface area contributed by atoms with Gasteiger partial charge in [0, 0.05) is 12.0 Å². The molecule has 0 bridgehead atoms. The zero-order valence-electron chi connectivity index (χ0n) is 16.7. The van der Waals surface area contributed by atoms with Crippen LogP contribution < -0.4 is 5.32 Å². The summed E-state index contributed by atoms with van der Waals surface area (Å²) in [6.07, 6.45) is 0.102. The van der Waals surface area contributed by atoms with Crippen molar-refractivity contribution in [1.82, 2.24) is 10.2 Å². The van der Waals surface area contributed by atoms with Crippen LogP contribution in [0.4, 0.5) is 6.01 Å². The minimum absolute atomic E-state index is 0.00423. The van der Waals surface area contributed by atoms with Gasteiger partial charge in [0.25, 0.3) is 0 Å². The Hall–Kier alpha value is -3.05. The smallest absolute Gasteiger partial charge is 0.322 e.